The van der Waals surface area contributed by atoms with E-state index in [4.69, 9.17) is 5.14 Å². The Morgan fingerprint density at radius 2 is 2.05 bits per heavy atom. The summed E-state index contributed by atoms with van der Waals surface area (Å²) < 4.78 is 22.6. The number of primary sulfonamides is 1. The summed E-state index contributed by atoms with van der Waals surface area (Å²) in [6, 6.07) is 4.63. The second-order valence-corrected chi connectivity index (χ2v) is 6.93. The quantitative estimate of drug-likeness (QED) is 0.901. The smallest absolute Gasteiger partial charge is 0.254 e. The largest absolute Gasteiger partial charge is 0.336 e. The molecule has 1 saturated heterocycles. The summed E-state index contributed by atoms with van der Waals surface area (Å²) in [4.78, 5) is 14.4. The summed E-state index contributed by atoms with van der Waals surface area (Å²) in [5.74, 6) is -0.0318. The first-order valence-corrected chi connectivity index (χ1v) is 8.30. The van der Waals surface area contributed by atoms with Gasteiger partial charge < -0.3 is 4.90 Å². The Morgan fingerprint density at radius 3 is 2.60 bits per heavy atom. The number of rotatable bonds is 2. The summed E-state index contributed by atoms with van der Waals surface area (Å²) >= 11 is 0. The monoisotopic (exact) mass is 296 g/mol. The van der Waals surface area contributed by atoms with Crippen LogP contribution in [0.3, 0.4) is 0 Å². The number of likely N-dealkylation sites (tertiary alicyclic amines) is 1. The number of piperidine rings is 1. The molecular formula is C14H20N2O3S. The van der Waals surface area contributed by atoms with Crippen LogP contribution in [-0.2, 0) is 10.0 Å². The van der Waals surface area contributed by atoms with Gasteiger partial charge in [-0.1, -0.05) is 0 Å². The predicted molar refractivity (Wildman–Crippen MR) is 76.9 cm³/mol. The molecule has 2 rings (SSSR count). The number of nitrogens with zero attached hydrogens (tertiary/aromatic N) is 1. The Bertz CT molecular complexity index is 625. The van der Waals surface area contributed by atoms with Gasteiger partial charge >= 0.3 is 0 Å². The minimum absolute atomic E-state index is 0.0318. The number of benzene rings is 1. The predicted octanol–water partition coefficient (Wildman–Crippen LogP) is 1.66. The van der Waals surface area contributed by atoms with E-state index in [1.165, 1.54) is 12.1 Å². The van der Waals surface area contributed by atoms with Gasteiger partial charge in [-0.2, -0.15) is 0 Å². The van der Waals surface area contributed by atoms with Gasteiger partial charge in [0.2, 0.25) is 10.0 Å². The van der Waals surface area contributed by atoms with Gasteiger partial charge in [-0.05, 0) is 56.9 Å². The van der Waals surface area contributed by atoms with Crippen molar-refractivity contribution in [2.75, 3.05) is 6.54 Å². The van der Waals surface area contributed by atoms with E-state index < -0.39 is 10.0 Å². The third-order valence-corrected chi connectivity index (χ3v) is 4.73. The molecule has 0 aromatic heterocycles. The molecule has 1 aromatic rings. The summed E-state index contributed by atoms with van der Waals surface area (Å²) in [6.45, 7) is 4.54. The van der Waals surface area contributed by atoms with Crippen LogP contribution in [-0.4, -0.2) is 31.8 Å². The molecule has 1 fully saturated rings. The highest BCUT2D eigenvalue weighted by molar-refractivity contribution is 7.89. The van der Waals surface area contributed by atoms with Crippen molar-refractivity contribution in [1.82, 2.24) is 4.90 Å². The van der Waals surface area contributed by atoms with E-state index in [0.29, 0.717) is 11.1 Å². The van der Waals surface area contributed by atoms with Crippen LogP contribution in [0.1, 0.15) is 42.1 Å². The van der Waals surface area contributed by atoms with Gasteiger partial charge in [0.05, 0.1) is 4.90 Å². The highest BCUT2D eigenvalue weighted by Gasteiger charge is 2.25. The Kier molecular flexibility index (Phi) is 4.15. The molecule has 1 atom stereocenters. The van der Waals surface area contributed by atoms with Gasteiger partial charge in [0.15, 0.2) is 0 Å². The highest BCUT2D eigenvalue weighted by atomic mass is 32.2. The fraction of sp³-hybridized carbons (Fsp3) is 0.500. The topological polar surface area (TPSA) is 80.5 Å². The van der Waals surface area contributed by atoms with Gasteiger partial charge in [-0.25, -0.2) is 13.6 Å². The molecule has 0 bridgehead atoms. The lowest BCUT2D eigenvalue weighted by Crippen LogP contribution is -2.42. The number of nitrogens with two attached hydrogens (primary N) is 1. The van der Waals surface area contributed by atoms with Gasteiger partial charge in [0.1, 0.15) is 0 Å². The van der Waals surface area contributed by atoms with Crippen LogP contribution >= 0.6 is 0 Å². The Morgan fingerprint density at radius 1 is 1.35 bits per heavy atom. The lowest BCUT2D eigenvalue weighted by molar-refractivity contribution is 0.0635. The molecule has 0 saturated carbocycles. The average Bonchev–Trinajstić information content (AvgIpc) is 2.37. The fourth-order valence-electron chi connectivity index (χ4n) is 2.61. The third-order valence-electron chi connectivity index (χ3n) is 3.82. The number of hydrogen-bond acceptors (Lipinski definition) is 3. The van der Waals surface area contributed by atoms with E-state index >= 15 is 0 Å². The average molecular weight is 296 g/mol. The van der Waals surface area contributed by atoms with Crippen LogP contribution in [0.2, 0.25) is 0 Å². The lowest BCUT2D eigenvalue weighted by Gasteiger charge is -2.33. The number of carbonyl (C=O) groups excluding carboxylic acids is 1. The molecule has 2 N–H and O–H groups in total. The van der Waals surface area contributed by atoms with E-state index in [-0.39, 0.29) is 16.8 Å². The summed E-state index contributed by atoms with van der Waals surface area (Å²) in [5, 5.41) is 5.09. The Balaban J connectivity index is 2.31. The van der Waals surface area contributed by atoms with Crippen molar-refractivity contribution < 1.29 is 13.2 Å². The minimum Gasteiger partial charge on any atom is -0.336 e. The SMILES string of the molecule is Cc1cc(S(N)(=O)=O)ccc1C(=O)N1CCCCC1C. The molecule has 1 unspecified atom stereocenters. The molecular weight excluding hydrogens is 276 g/mol. The highest BCUT2D eigenvalue weighted by Crippen LogP contribution is 2.22. The fourth-order valence-corrected chi connectivity index (χ4v) is 3.21. The van der Waals surface area contributed by atoms with Crippen LogP contribution in [0.5, 0.6) is 0 Å². The maximum Gasteiger partial charge on any atom is 0.254 e. The molecule has 20 heavy (non-hydrogen) atoms. The zero-order chi connectivity index (χ0) is 14.9. The van der Waals surface area contributed by atoms with Crippen LogP contribution in [0, 0.1) is 6.92 Å². The second-order valence-electron chi connectivity index (χ2n) is 5.37. The Hall–Kier alpha value is -1.40. The van der Waals surface area contributed by atoms with Crippen LogP contribution in [0.15, 0.2) is 23.1 Å². The molecule has 0 radical (unpaired) electrons. The standard InChI is InChI=1S/C14H20N2O3S/c1-10-9-12(20(15,18)19)6-7-13(10)14(17)16-8-4-3-5-11(16)2/h6-7,9,11H,3-5,8H2,1-2H3,(H2,15,18,19). The van der Waals surface area contributed by atoms with Crippen LogP contribution in [0.25, 0.3) is 0 Å². The number of aryl methyl sites for hydroxylation is 1. The van der Waals surface area contributed by atoms with Crippen molar-refractivity contribution in [2.24, 2.45) is 5.14 Å². The minimum atomic E-state index is -3.73. The molecule has 1 aliphatic heterocycles. The van der Waals surface area contributed by atoms with Crippen molar-refractivity contribution in [3.8, 4) is 0 Å². The Labute approximate surface area is 119 Å². The van der Waals surface area contributed by atoms with Crippen molar-refractivity contribution in [1.29, 1.82) is 0 Å². The first kappa shape index (κ1) is 15.0. The van der Waals surface area contributed by atoms with Crippen molar-refractivity contribution >= 4 is 15.9 Å². The molecule has 1 amide bonds. The molecule has 0 aliphatic carbocycles. The zero-order valence-corrected chi connectivity index (χ0v) is 12.6. The van der Waals surface area contributed by atoms with Gasteiger partial charge in [-0.3, -0.25) is 4.79 Å². The van der Waals surface area contributed by atoms with Crippen molar-refractivity contribution in [2.45, 2.75) is 44.0 Å². The summed E-state index contributed by atoms with van der Waals surface area (Å²) in [5.41, 5.74) is 1.19. The lowest BCUT2D eigenvalue weighted by atomic mass is 10.0. The number of hydrogen-bond donors (Lipinski definition) is 1. The number of amides is 1. The van der Waals surface area contributed by atoms with E-state index in [9.17, 15) is 13.2 Å². The maximum absolute atomic E-state index is 12.5. The molecule has 1 heterocycles. The third kappa shape index (κ3) is 3.02. The van der Waals surface area contributed by atoms with Crippen molar-refractivity contribution in [3.63, 3.8) is 0 Å². The van der Waals surface area contributed by atoms with E-state index in [1.54, 1.807) is 13.0 Å². The number of sulfonamides is 1. The summed E-state index contributed by atoms with van der Waals surface area (Å²) in [7, 11) is -3.73. The van der Waals surface area contributed by atoms with Crippen molar-refractivity contribution in [3.05, 3.63) is 29.3 Å². The van der Waals surface area contributed by atoms with Crippen LogP contribution < -0.4 is 5.14 Å². The normalized spacial score (nSPS) is 19.9. The van der Waals surface area contributed by atoms with E-state index in [0.717, 1.165) is 25.8 Å². The van der Waals surface area contributed by atoms with E-state index in [1.807, 2.05) is 11.8 Å². The van der Waals surface area contributed by atoms with E-state index in [2.05, 4.69) is 0 Å². The van der Waals surface area contributed by atoms with Gasteiger partial charge in [0.25, 0.3) is 5.91 Å². The second kappa shape index (κ2) is 5.54. The first-order valence-electron chi connectivity index (χ1n) is 6.75. The molecule has 5 nitrogen and oxygen atoms in total. The van der Waals surface area contributed by atoms with Gasteiger partial charge in [0, 0.05) is 18.2 Å². The first-order chi connectivity index (χ1) is 9.30. The molecule has 0 spiro atoms. The molecule has 1 aliphatic rings. The number of carbonyl (C=O) groups is 1. The maximum atomic E-state index is 12.5. The molecule has 1 aromatic carbocycles. The van der Waals surface area contributed by atoms with Gasteiger partial charge in [-0.15, -0.1) is 0 Å². The molecule has 6 heteroatoms. The zero-order valence-electron chi connectivity index (χ0n) is 11.8. The summed E-state index contributed by atoms with van der Waals surface area (Å²) in [6.07, 6.45) is 3.18. The molecule has 110 valence electrons. The van der Waals surface area contributed by atoms with Crippen LogP contribution in [0.4, 0.5) is 0 Å².